The Labute approximate surface area is 205 Å². The third kappa shape index (κ3) is 7.62. The number of aromatic nitrogens is 2. The van der Waals surface area contributed by atoms with Crippen LogP contribution in [0.4, 0.5) is 27.8 Å². The van der Waals surface area contributed by atoms with Crippen LogP contribution in [0.1, 0.15) is 37.6 Å². The average molecular weight is 511 g/mol. The Morgan fingerprint density at radius 2 is 1.83 bits per heavy atom. The Morgan fingerprint density at radius 3 is 2.39 bits per heavy atom. The summed E-state index contributed by atoms with van der Waals surface area (Å²) in [5.41, 5.74) is -0.580. The molecule has 0 saturated carbocycles. The molecule has 0 bridgehead atoms. The maximum atomic E-state index is 13.7. The van der Waals surface area contributed by atoms with E-state index in [4.69, 9.17) is 0 Å². The first kappa shape index (κ1) is 28.5. The van der Waals surface area contributed by atoms with Crippen molar-refractivity contribution in [1.29, 1.82) is 0 Å². The second-order valence-electron chi connectivity index (χ2n) is 8.49. The van der Waals surface area contributed by atoms with E-state index in [1.807, 2.05) is 0 Å². The molecule has 0 saturated heterocycles. The van der Waals surface area contributed by atoms with Gasteiger partial charge in [-0.25, -0.2) is 8.78 Å². The van der Waals surface area contributed by atoms with Gasteiger partial charge in [-0.05, 0) is 48.4 Å². The van der Waals surface area contributed by atoms with Gasteiger partial charge in [0.25, 0.3) is 0 Å². The van der Waals surface area contributed by atoms with E-state index in [0.29, 0.717) is 16.8 Å². The lowest BCUT2D eigenvalue weighted by Gasteiger charge is -2.24. The van der Waals surface area contributed by atoms with Crippen LogP contribution in [0.15, 0.2) is 66.5 Å². The second kappa shape index (κ2) is 11.8. The number of allylic oxidation sites excluding steroid dienone is 5. The van der Waals surface area contributed by atoms with Gasteiger partial charge in [0, 0.05) is 17.2 Å². The summed E-state index contributed by atoms with van der Waals surface area (Å²) in [6.07, 6.45) is -1.32. The summed E-state index contributed by atoms with van der Waals surface area (Å²) in [6.45, 7) is 7.38. The lowest BCUT2D eigenvalue weighted by molar-refractivity contribution is -0.137. The van der Waals surface area contributed by atoms with Crippen LogP contribution in [0, 0.1) is 0 Å². The quantitative estimate of drug-likeness (QED) is 0.298. The molecule has 1 aromatic carbocycles. The van der Waals surface area contributed by atoms with Crippen molar-refractivity contribution in [2.45, 2.75) is 44.8 Å². The topological polar surface area (TPSA) is 86.9 Å². The summed E-state index contributed by atoms with van der Waals surface area (Å²) in [7, 11) is 0. The Morgan fingerprint density at radius 1 is 1.19 bits per heavy atom. The number of benzene rings is 1. The number of hydrogen-bond donors (Lipinski definition) is 3. The molecule has 0 aliphatic heterocycles. The Hall–Kier alpha value is -3.76. The van der Waals surface area contributed by atoms with Crippen molar-refractivity contribution in [2.24, 2.45) is 0 Å². The minimum atomic E-state index is -4.47. The molecule has 0 fully saturated rings. The first-order valence-corrected chi connectivity index (χ1v) is 10.9. The second-order valence-corrected chi connectivity index (χ2v) is 8.49. The number of rotatable bonds is 10. The minimum Gasteiger partial charge on any atom is -0.344 e. The molecule has 2 amide bonds. The third-order valence-electron chi connectivity index (χ3n) is 5.43. The van der Waals surface area contributed by atoms with Crippen molar-refractivity contribution in [1.82, 2.24) is 15.5 Å². The molecule has 194 valence electrons. The van der Waals surface area contributed by atoms with E-state index in [1.165, 1.54) is 31.2 Å². The molecule has 11 heteroatoms. The van der Waals surface area contributed by atoms with Crippen LogP contribution in [0.3, 0.4) is 0 Å². The van der Waals surface area contributed by atoms with Crippen molar-refractivity contribution in [2.75, 3.05) is 12.0 Å². The summed E-state index contributed by atoms with van der Waals surface area (Å²) in [6, 6.07) is 4.67. The SMILES string of the molecule is C=C/C(F)=C\C(=C/CF)C(C)(C)c1cc(NC(=O)[C@H](C)NC(=O)Cc2ccc(C(F)(F)F)cc2)n[nH]1. The number of amides is 2. The molecule has 0 radical (unpaired) electrons. The number of hydrogen-bond acceptors (Lipinski definition) is 3. The van der Waals surface area contributed by atoms with Crippen LogP contribution in [0.5, 0.6) is 0 Å². The molecule has 0 spiro atoms. The van der Waals surface area contributed by atoms with Crippen molar-refractivity contribution >= 4 is 17.6 Å². The zero-order valence-electron chi connectivity index (χ0n) is 20.0. The predicted molar refractivity (Wildman–Crippen MR) is 126 cm³/mol. The number of anilines is 1. The van der Waals surface area contributed by atoms with Crippen molar-refractivity contribution in [3.8, 4) is 0 Å². The number of nitrogens with zero attached hydrogens (tertiary/aromatic N) is 1. The number of halogens is 5. The molecule has 0 aliphatic carbocycles. The van der Waals surface area contributed by atoms with E-state index < -0.39 is 47.5 Å². The number of aromatic amines is 1. The van der Waals surface area contributed by atoms with E-state index in [9.17, 15) is 31.5 Å². The minimum absolute atomic E-state index is 0.125. The molecule has 3 N–H and O–H groups in total. The zero-order valence-corrected chi connectivity index (χ0v) is 20.0. The fraction of sp³-hybridized carbons (Fsp3) is 0.320. The Kier molecular flexibility index (Phi) is 9.32. The third-order valence-corrected chi connectivity index (χ3v) is 5.43. The lowest BCUT2D eigenvalue weighted by Crippen LogP contribution is -2.42. The highest BCUT2D eigenvalue weighted by Crippen LogP contribution is 2.33. The summed E-state index contributed by atoms with van der Waals surface area (Å²) >= 11 is 0. The molecule has 1 atom stereocenters. The smallest absolute Gasteiger partial charge is 0.344 e. The highest BCUT2D eigenvalue weighted by Gasteiger charge is 2.30. The van der Waals surface area contributed by atoms with E-state index in [0.717, 1.165) is 24.3 Å². The monoisotopic (exact) mass is 510 g/mol. The van der Waals surface area contributed by atoms with Gasteiger partial charge in [-0.15, -0.1) is 0 Å². The molecule has 1 heterocycles. The number of H-pyrrole nitrogens is 1. The first-order chi connectivity index (χ1) is 16.8. The largest absolute Gasteiger partial charge is 0.416 e. The summed E-state index contributed by atoms with van der Waals surface area (Å²) in [5.74, 6) is -1.67. The van der Waals surface area contributed by atoms with Gasteiger partial charge in [-0.2, -0.15) is 18.3 Å². The van der Waals surface area contributed by atoms with E-state index in [-0.39, 0.29) is 12.2 Å². The van der Waals surface area contributed by atoms with Gasteiger partial charge < -0.3 is 10.6 Å². The normalized spacial score (nSPS) is 13.8. The number of alkyl halides is 4. The molecule has 36 heavy (non-hydrogen) atoms. The van der Waals surface area contributed by atoms with Gasteiger partial charge >= 0.3 is 6.18 Å². The van der Waals surface area contributed by atoms with Gasteiger partial charge in [0.15, 0.2) is 5.82 Å². The van der Waals surface area contributed by atoms with E-state index in [1.54, 1.807) is 13.8 Å². The fourth-order valence-corrected chi connectivity index (χ4v) is 3.24. The molecule has 6 nitrogen and oxygen atoms in total. The number of carbonyl (C=O) groups is 2. The molecular weight excluding hydrogens is 483 g/mol. The maximum Gasteiger partial charge on any atom is 0.416 e. The average Bonchev–Trinajstić information content (AvgIpc) is 3.27. The van der Waals surface area contributed by atoms with Crippen LogP contribution >= 0.6 is 0 Å². The van der Waals surface area contributed by atoms with Crippen molar-refractivity contribution in [3.63, 3.8) is 0 Å². The maximum absolute atomic E-state index is 13.7. The highest BCUT2D eigenvalue weighted by atomic mass is 19.4. The molecule has 2 rings (SSSR count). The summed E-state index contributed by atoms with van der Waals surface area (Å²) in [4.78, 5) is 24.7. The van der Waals surface area contributed by atoms with E-state index in [2.05, 4.69) is 27.4 Å². The molecule has 2 aromatic rings. The van der Waals surface area contributed by atoms with Gasteiger partial charge in [0.05, 0.1) is 12.0 Å². The van der Waals surface area contributed by atoms with Crippen LogP contribution in [-0.2, 0) is 27.6 Å². The van der Waals surface area contributed by atoms with Crippen molar-refractivity contribution < 1.29 is 31.5 Å². The van der Waals surface area contributed by atoms with Crippen LogP contribution in [0.25, 0.3) is 0 Å². The van der Waals surface area contributed by atoms with Gasteiger partial charge in [-0.3, -0.25) is 14.7 Å². The molecular formula is C25H27F5N4O2. The predicted octanol–water partition coefficient (Wildman–Crippen LogP) is 5.33. The van der Waals surface area contributed by atoms with Gasteiger partial charge in [0.1, 0.15) is 18.5 Å². The molecule has 0 unspecified atom stereocenters. The van der Waals surface area contributed by atoms with Crippen LogP contribution < -0.4 is 10.6 Å². The van der Waals surface area contributed by atoms with Crippen molar-refractivity contribution in [3.05, 3.63) is 83.4 Å². The number of carbonyl (C=O) groups excluding carboxylic acids is 2. The highest BCUT2D eigenvalue weighted by molar-refractivity contribution is 5.96. The zero-order chi connectivity index (χ0) is 27.1. The lowest BCUT2D eigenvalue weighted by atomic mass is 9.80. The van der Waals surface area contributed by atoms with E-state index >= 15 is 0 Å². The molecule has 1 aromatic heterocycles. The summed E-state index contributed by atoms with van der Waals surface area (Å²) < 4.78 is 64.7. The number of nitrogens with one attached hydrogen (secondary N) is 3. The Balaban J connectivity index is 2.02. The van der Waals surface area contributed by atoms with Crippen LogP contribution in [-0.4, -0.2) is 34.7 Å². The van der Waals surface area contributed by atoms with Gasteiger partial charge in [-0.1, -0.05) is 32.6 Å². The molecule has 0 aliphatic rings. The van der Waals surface area contributed by atoms with Gasteiger partial charge in [0.2, 0.25) is 11.8 Å². The van der Waals surface area contributed by atoms with Crippen LogP contribution in [0.2, 0.25) is 0 Å². The first-order valence-electron chi connectivity index (χ1n) is 10.9. The Bertz CT molecular complexity index is 1150. The fourth-order valence-electron chi connectivity index (χ4n) is 3.24. The summed E-state index contributed by atoms with van der Waals surface area (Å²) in [5, 5.41) is 11.7. The standard InChI is InChI=1S/C25H27F5N4O2/c1-5-19(27)13-18(10-11-26)24(3,4)20-14-21(34-33-20)32-23(36)15(2)31-22(35)12-16-6-8-17(9-7-16)25(28,29)30/h5-10,13-15H,1,11-12H2,2-4H3,(H,31,35)(H2,32,33,34,36)/b18-10+,19-13+/t15-/m0/s1.